The van der Waals surface area contributed by atoms with Gasteiger partial charge in [-0.25, -0.2) is 0 Å². The maximum atomic E-state index is 2.58. The van der Waals surface area contributed by atoms with Crippen molar-refractivity contribution in [2.24, 2.45) is 0 Å². The summed E-state index contributed by atoms with van der Waals surface area (Å²) in [6.07, 6.45) is 1.27. The Balaban J connectivity index is 1.46. The lowest BCUT2D eigenvalue weighted by molar-refractivity contribution is -0.928. The zero-order valence-corrected chi connectivity index (χ0v) is 15.9. The molecule has 3 N–H and O–H groups in total. The minimum atomic E-state index is 0.613. The molecule has 1 unspecified atom stereocenters. The second kappa shape index (κ2) is 8.98. The van der Waals surface area contributed by atoms with E-state index in [4.69, 9.17) is 0 Å². The first kappa shape index (κ1) is 18.0. The van der Waals surface area contributed by atoms with E-state index < -0.39 is 0 Å². The zero-order valence-electron chi connectivity index (χ0n) is 15.9. The van der Waals surface area contributed by atoms with E-state index in [1.54, 1.807) is 4.90 Å². The SMILES string of the molecule is c1ccc(C[NH2+][C@@H]2CC[NH+](Cc3ccccc3)C[C@@H]2c2ccccc2)cc1. The third kappa shape index (κ3) is 4.85. The Labute approximate surface area is 162 Å². The van der Waals surface area contributed by atoms with Gasteiger partial charge in [0.15, 0.2) is 0 Å². The molecular formula is C25H30N2+2. The molecule has 27 heavy (non-hydrogen) atoms. The molecule has 0 radical (unpaired) electrons. The fourth-order valence-electron chi connectivity index (χ4n) is 4.43. The normalized spacial score (nSPS) is 22.4. The van der Waals surface area contributed by atoms with Gasteiger partial charge in [-0.05, 0) is 5.56 Å². The average molecular weight is 359 g/mol. The second-order valence-electron chi connectivity index (χ2n) is 7.76. The number of quaternary nitrogens is 2. The predicted molar refractivity (Wildman–Crippen MR) is 111 cm³/mol. The summed E-state index contributed by atoms with van der Waals surface area (Å²) in [5, 5.41) is 2.58. The summed E-state index contributed by atoms with van der Waals surface area (Å²) in [4.78, 5) is 1.71. The van der Waals surface area contributed by atoms with Crippen LogP contribution >= 0.6 is 0 Å². The molecule has 0 aliphatic carbocycles. The molecular weight excluding hydrogens is 328 g/mol. The zero-order chi connectivity index (χ0) is 18.3. The quantitative estimate of drug-likeness (QED) is 0.675. The van der Waals surface area contributed by atoms with Crippen LogP contribution in [0.15, 0.2) is 91.0 Å². The highest BCUT2D eigenvalue weighted by Gasteiger charge is 2.35. The molecule has 2 heteroatoms. The van der Waals surface area contributed by atoms with Gasteiger partial charge in [0, 0.05) is 17.5 Å². The summed E-state index contributed by atoms with van der Waals surface area (Å²) in [6.45, 7) is 4.68. The van der Waals surface area contributed by atoms with Gasteiger partial charge < -0.3 is 10.2 Å². The summed E-state index contributed by atoms with van der Waals surface area (Å²) in [5.41, 5.74) is 4.37. The largest absolute Gasteiger partial charge is 0.339 e. The number of hydrogen-bond donors (Lipinski definition) is 2. The third-order valence-corrected chi connectivity index (χ3v) is 5.88. The van der Waals surface area contributed by atoms with Gasteiger partial charge in [-0.1, -0.05) is 91.0 Å². The first-order valence-electron chi connectivity index (χ1n) is 10.2. The van der Waals surface area contributed by atoms with Gasteiger partial charge in [0.2, 0.25) is 0 Å². The van der Waals surface area contributed by atoms with Crippen LogP contribution in [0.25, 0.3) is 0 Å². The summed E-state index contributed by atoms with van der Waals surface area (Å²) in [6, 6.07) is 33.6. The van der Waals surface area contributed by atoms with E-state index in [1.807, 2.05) is 0 Å². The molecule has 0 bridgehead atoms. The molecule has 2 nitrogen and oxygen atoms in total. The number of piperidine rings is 1. The van der Waals surface area contributed by atoms with Gasteiger partial charge in [0.05, 0.1) is 19.0 Å². The fourth-order valence-corrected chi connectivity index (χ4v) is 4.43. The number of likely N-dealkylation sites (tertiary alicyclic amines) is 1. The fraction of sp³-hybridized carbons (Fsp3) is 0.280. The molecule has 1 saturated heterocycles. The van der Waals surface area contributed by atoms with Crippen LogP contribution in [0.2, 0.25) is 0 Å². The van der Waals surface area contributed by atoms with Crippen LogP contribution in [0, 0.1) is 0 Å². The summed E-state index contributed by atoms with van der Waals surface area (Å²) >= 11 is 0. The lowest BCUT2D eigenvalue weighted by Crippen LogP contribution is -3.14. The van der Waals surface area contributed by atoms with E-state index >= 15 is 0 Å². The van der Waals surface area contributed by atoms with E-state index in [-0.39, 0.29) is 0 Å². The van der Waals surface area contributed by atoms with Crippen LogP contribution in [0.4, 0.5) is 0 Å². The van der Waals surface area contributed by atoms with Crippen LogP contribution in [0.1, 0.15) is 29.0 Å². The van der Waals surface area contributed by atoms with Crippen molar-refractivity contribution in [1.29, 1.82) is 0 Å². The molecule has 3 atom stereocenters. The molecule has 1 aliphatic rings. The van der Waals surface area contributed by atoms with Crippen LogP contribution < -0.4 is 10.2 Å². The third-order valence-electron chi connectivity index (χ3n) is 5.88. The first-order valence-corrected chi connectivity index (χ1v) is 10.2. The monoisotopic (exact) mass is 358 g/mol. The highest BCUT2D eigenvalue weighted by molar-refractivity contribution is 5.21. The van der Waals surface area contributed by atoms with Gasteiger partial charge in [-0.2, -0.15) is 0 Å². The Morgan fingerprint density at radius 1 is 0.741 bits per heavy atom. The van der Waals surface area contributed by atoms with E-state index in [0.29, 0.717) is 12.0 Å². The lowest BCUT2D eigenvalue weighted by Gasteiger charge is -2.35. The maximum absolute atomic E-state index is 2.58. The van der Waals surface area contributed by atoms with Crippen molar-refractivity contribution in [3.63, 3.8) is 0 Å². The van der Waals surface area contributed by atoms with Crippen molar-refractivity contribution in [3.8, 4) is 0 Å². The number of nitrogens with one attached hydrogen (secondary N) is 1. The molecule has 0 amide bonds. The Morgan fingerprint density at radius 2 is 1.33 bits per heavy atom. The highest BCUT2D eigenvalue weighted by Crippen LogP contribution is 2.20. The molecule has 138 valence electrons. The van der Waals surface area contributed by atoms with Crippen molar-refractivity contribution in [2.45, 2.75) is 31.5 Å². The van der Waals surface area contributed by atoms with Crippen molar-refractivity contribution in [2.75, 3.05) is 13.1 Å². The van der Waals surface area contributed by atoms with Crippen molar-refractivity contribution < 1.29 is 10.2 Å². The van der Waals surface area contributed by atoms with Crippen molar-refractivity contribution >= 4 is 0 Å². The van der Waals surface area contributed by atoms with Crippen molar-refractivity contribution in [3.05, 3.63) is 108 Å². The predicted octanol–water partition coefficient (Wildman–Crippen LogP) is 2.39. The molecule has 1 heterocycles. The minimum absolute atomic E-state index is 0.613. The highest BCUT2D eigenvalue weighted by atomic mass is 15.1. The topological polar surface area (TPSA) is 21.1 Å². The van der Waals surface area contributed by atoms with Crippen LogP contribution in [0.5, 0.6) is 0 Å². The Morgan fingerprint density at radius 3 is 2.00 bits per heavy atom. The lowest BCUT2D eigenvalue weighted by atomic mass is 9.85. The van der Waals surface area contributed by atoms with E-state index in [2.05, 4.69) is 96.3 Å². The standard InChI is InChI=1S/C25H28N2/c1-4-10-21(11-5-1)18-26-25-16-17-27(19-22-12-6-2-7-13-22)20-24(25)23-14-8-3-9-15-23/h1-15,24-26H,16-20H2/p+2/t24-,25-/m1/s1. The van der Waals surface area contributed by atoms with Gasteiger partial charge in [-0.3, -0.25) is 0 Å². The number of hydrogen-bond acceptors (Lipinski definition) is 0. The molecule has 0 aromatic heterocycles. The molecule has 1 aliphatic heterocycles. The Bertz CT molecular complexity index is 802. The number of nitrogens with two attached hydrogens (primary N) is 1. The molecule has 0 spiro atoms. The molecule has 1 fully saturated rings. The summed E-state index contributed by atoms with van der Waals surface area (Å²) < 4.78 is 0. The second-order valence-corrected chi connectivity index (χ2v) is 7.76. The van der Waals surface area contributed by atoms with E-state index in [0.717, 1.165) is 13.1 Å². The van der Waals surface area contributed by atoms with E-state index in [9.17, 15) is 0 Å². The molecule has 4 rings (SSSR count). The first-order chi connectivity index (χ1) is 13.4. The van der Waals surface area contributed by atoms with Gasteiger partial charge >= 0.3 is 0 Å². The smallest absolute Gasteiger partial charge is 0.104 e. The van der Waals surface area contributed by atoms with Crippen molar-refractivity contribution in [1.82, 2.24) is 0 Å². The summed E-state index contributed by atoms with van der Waals surface area (Å²) in [7, 11) is 0. The molecule has 0 saturated carbocycles. The Kier molecular flexibility index (Phi) is 5.98. The van der Waals surface area contributed by atoms with Crippen LogP contribution in [-0.4, -0.2) is 19.1 Å². The van der Waals surface area contributed by atoms with Gasteiger partial charge in [0.1, 0.15) is 19.1 Å². The van der Waals surface area contributed by atoms with Gasteiger partial charge in [0.25, 0.3) is 0 Å². The summed E-state index contributed by atoms with van der Waals surface area (Å²) in [5.74, 6) is 0.613. The van der Waals surface area contributed by atoms with Crippen LogP contribution in [-0.2, 0) is 13.1 Å². The number of benzene rings is 3. The molecule has 3 aromatic carbocycles. The van der Waals surface area contributed by atoms with Gasteiger partial charge in [-0.15, -0.1) is 0 Å². The van der Waals surface area contributed by atoms with Crippen LogP contribution in [0.3, 0.4) is 0 Å². The Hall–Kier alpha value is -2.42. The molecule has 3 aromatic rings. The minimum Gasteiger partial charge on any atom is -0.339 e. The maximum Gasteiger partial charge on any atom is 0.104 e. The average Bonchev–Trinajstić information content (AvgIpc) is 2.75. The number of rotatable bonds is 6. The van der Waals surface area contributed by atoms with E-state index in [1.165, 1.54) is 36.2 Å².